The molecule has 4 amide bonds. The highest BCUT2D eigenvalue weighted by atomic mass is 35.5. The Bertz CT molecular complexity index is 2200. The Balaban J connectivity index is 0.811. The van der Waals surface area contributed by atoms with Crippen molar-refractivity contribution >= 4 is 46.7 Å². The second-order valence-electron chi connectivity index (χ2n) is 17.9. The molecule has 3 heterocycles. The van der Waals surface area contributed by atoms with E-state index in [9.17, 15) is 29.2 Å². The molecule has 2 saturated heterocycles. The van der Waals surface area contributed by atoms with Gasteiger partial charge in [0.15, 0.2) is 5.78 Å². The molecule has 1 unspecified atom stereocenters. The van der Waals surface area contributed by atoms with Crippen molar-refractivity contribution in [3.8, 4) is 11.8 Å². The number of benzene rings is 3. The Hall–Kier alpha value is -5.05. The van der Waals surface area contributed by atoms with Gasteiger partial charge in [0.2, 0.25) is 11.8 Å². The van der Waals surface area contributed by atoms with Crippen LogP contribution in [0.5, 0.6) is 5.75 Å². The van der Waals surface area contributed by atoms with Crippen LogP contribution in [0.2, 0.25) is 5.02 Å². The van der Waals surface area contributed by atoms with Gasteiger partial charge in [-0.3, -0.25) is 39.1 Å². The first-order valence-corrected chi connectivity index (χ1v) is 20.9. The summed E-state index contributed by atoms with van der Waals surface area (Å²) in [5.41, 5.74) is 3.47. The summed E-state index contributed by atoms with van der Waals surface area (Å²) >= 11 is 6.27. The molecule has 2 saturated carbocycles. The number of amides is 4. The van der Waals surface area contributed by atoms with Crippen molar-refractivity contribution in [3.63, 3.8) is 0 Å². The highest BCUT2D eigenvalue weighted by Gasteiger charge is 2.63. The van der Waals surface area contributed by atoms with Gasteiger partial charge >= 0.3 is 0 Å². The van der Waals surface area contributed by atoms with Gasteiger partial charge in [0.1, 0.15) is 24.0 Å². The number of carbonyl (C=O) groups excluding carboxylic acids is 5. The van der Waals surface area contributed by atoms with E-state index in [0.29, 0.717) is 45.8 Å². The maximum Gasteiger partial charge on any atom is 0.262 e. The summed E-state index contributed by atoms with van der Waals surface area (Å²) in [4.78, 5) is 70.1. The van der Waals surface area contributed by atoms with Crippen molar-refractivity contribution in [2.45, 2.75) is 96.7 Å². The molecule has 0 aromatic heterocycles. The molecule has 1 atom stereocenters. The quantitative estimate of drug-likeness (QED) is 0.176. The van der Waals surface area contributed by atoms with E-state index in [1.54, 1.807) is 30.3 Å². The molecule has 2 aliphatic carbocycles. The van der Waals surface area contributed by atoms with Crippen LogP contribution in [0.25, 0.3) is 0 Å². The average Bonchev–Trinajstić information content (AvgIpc) is 3.46. The highest BCUT2D eigenvalue weighted by Crippen LogP contribution is 2.62. The van der Waals surface area contributed by atoms with Gasteiger partial charge in [-0.25, -0.2) is 0 Å². The zero-order valence-electron chi connectivity index (χ0n) is 33.6. The number of ketones is 1. The predicted molar refractivity (Wildman–Crippen MR) is 219 cm³/mol. The van der Waals surface area contributed by atoms with Crippen molar-refractivity contribution in [3.05, 3.63) is 93.5 Å². The summed E-state index contributed by atoms with van der Waals surface area (Å²) in [7, 11) is 0. The topological polar surface area (TPSA) is 140 Å². The molecular formula is C46H50ClN5O6. The SMILES string of the molecule is CC1(C)C(CC(=O)c2ccc(C3CCC(N4CCN(c5ccc6c(c5)C(=O)N(C5CCC(=O)NC5=O)C6=O)CC4)CC3)cc2)C(C)(C)C1Oc1ccc(C#N)c(Cl)c1. The van der Waals surface area contributed by atoms with Crippen LogP contribution in [0.15, 0.2) is 60.7 Å². The number of hydrogen-bond acceptors (Lipinski definition) is 9. The first kappa shape index (κ1) is 39.8. The molecule has 3 aromatic rings. The van der Waals surface area contributed by atoms with Gasteiger partial charge in [-0.1, -0.05) is 63.6 Å². The lowest BCUT2D eigenvalue weighted by molar-refractivity contribution is -0.196. The minimum Gasteiger partial charge on any atom is -0.489 e. The number of piperazine rings is 1. The standard InChI is InChI=1S/C46H50ClN5O6/c1-45(2)39(46(3,4)44(45)58-33-15-11-30(26-48)36(47)24-33)25-38(53)29-7-5-27(6-8-29)28-9-12-31(13-10-28)50-19-21-51(22-20-50)32-14-16-34-35(23-32)43(57)52(42(34)56)37-17-18-40(54)49-41(37)55/h5-8,11,14-16,23-24,28,31,37,39,44H,9-10,12-13,17-22,25H2,1-4H3,(H,49,54,55). The lowest BCUT2D eigenvalue weighted by atomic mass is 9.44. The third kappa shape index (κ3) is 7.08. The molecule has 3 aromatic carbocycles. The summed E-state index contributed by atoms with van der Waals surface area (Å²) in [5.74, 6) is -0.602. The molecule has 0 spiro atoms. The molecule has 3 aliphatic heterocycles. The van der Waals surface area contributed by atoms with Crippen molar-refractivity contribution in [2.75, 3.05) is 31.1 Å². The summed E-state index contributed by atoms with van der Waals surface area (Å²) in [6, 6.07) is 20.4. The van der Waals surface area contributed by atoms with Crippen LogP contribution in [0, 0.1) is 28.1 Å². The number of nitrogens with zero attached hydrogens (tertiary/aromatic N) is 4. The summed E-state index contributed by atoms with van der Waals surface area (Å²) in [5, 5.41) is 11.8. The van der Waals surface area contributed by atoms with Crippen molar-refractivity contribution < 1.29 is 28.7 Å². The lowest BCUT2D eigenvalue weighted by Gasteiger charge is -2.63. The Kier molecular flexibility index (Phi) is 10.5. The summed E-state index contributed by atoms with van der Waals surface area (Å²) in [6.45, 7) is 12.1. The van der Waals surface area contributed by atoms with Crippen LogP contribution < -0.4 is 15.0 Å². The van der Waals surface area contributed by atoms with Gasteiger partial charge in [0, 0.05) is 73.2 Å². The van der Waals surface area contributed by atoms with E-state index in [0.717, 1.165) is 68.0 Å². The van der Waals surface area contributed by atoms with Crippen LogP contribution in [0.3, 0.4) is 0 Å². The number of hydrogen-bond donors (Lipinski definition) is 1. The zero-order chi connectivity index (χ0) is 41.1. The molecule has 12 heteroatoms. The number of carbonyl (C=O) groups is 5. The molecule has 302 valence electrons. The molecule has 8 rings (SSSR count). The molecule has 0 bridgehead atoms. The van der Waals surface area contributed by atoms with Crippen LogP contribution in [0.1, 0.15) is 121 Å². The number of piperidine rings is 1. The third-order valence-electron chi connectivity index (χ3n) is 13.9. The van der Waals surface area contributed by atoms with Gasteiger partial charge < -0.3 is 9.64 Å². The van der Waals surface area contributed by atoms with Crippen LogP contribution in [0.4, 0.5) is 5.69 Å². The number of Topliss-reactive ketones (excluding diaryl/α,β-unsaturated/α-hetero) is 1. The number of nitrogens with one attached hydrogen (secondary N) is 1. The van der Waals surface area contributed by atoms with Crippen LogP contribution in [-0.4, -0.2) is 83.6 Å². The Morgan fingerprint density at radius 2 is 1.52 bits per heavy atom. The first-order valence-electron chi connectivity index (χ1n) is 20.5. The largest absolute Gasteiger partial charge is 0.489 e. The molecule has 4 fully saturated rings. The lowest BCUT2D eigenvalue weighted by Crippen LogP contribution is -2.66. The van der Waals surface area contributed by atoms with E-state index in [2.05, 4.69) is 61.0 Å². The molecular weight excluding hydrogens is 754 g/mol. The van der Waals surface area contributed by atoms with Crippen LogP contribution in [-0.2, 0) is 9.59 Å². The van der Waals surface area contributed by atoms with Crippen molar-refractivity contribution in [2.24, 2.45) is 16.7 Å². The van der Waals surface area contributed by atoms with Gasteiger partial charge in [-0.15, -0.1) is 0 Å². The molecule has 11 nitrogen and oxygen atoms in total. The van der Waals surface area contributed by atoms with Gasteiger partial charge in [-0.05, 0) is 79.8 Å². The fourth-order valence-electron chi connectivity index (χ4n) is 10.8. The van der Waals surface area contributed by atoms with Gasteiger partial charge in [0.05, 0.1) is 21.7 Å². The van der Waals surface area contributed by atoms with E-state index in [1.165, 1.54) is 5.56 Å². The van der Waals surface area contributed by atoms with E-state index < -0.39 is 29.7 Å². The molecule has 1 N–H and O–H groups in total. The average molecular weight is 804 g/mol. The second kappa shape index (κ2) is 15.3. The maximum absolute atomic E-state index is 13.6. The highest BCUT2D eigenvalue weighted by molar-refractivity contribution is 6.31. The zero-order valence-corrected chi connectivity index (χ0v) is 34.3. The fourth-order valence-corrected chi connectivity index (χ4v) is 11.0. The molecule has 58 heavy (non-hydrogen) atoms. The number of imide groups is 2. The maximum atomic E-state index is 13.6. The van der Waals surface area contributed by atoms with E-state index >= 15 is 0 Å². The predicted octanol–water partition coefficient (Wildman–Crippen LogP) is 7.16. The number of ether oxygens (including phenoxy) is 1. The monoisotopic (exact) mass is 803 g/mol. The van der Waals surface area contributed by atoms with Gasteiger partial charge in [-0.2, -0.15) is 5.26 Å². The fraction of sp³-hybridized carbons (Fsp3) is 0.478. The third-order valence-corrected chi connectivity index (χ3v) is 14.2. The Morgan fingerprint density at radius 3 is 2.16 bits per heavy atom. The molecule has 5 aliphatic rings. The number of anilines is 1. The van der Waals surface area contributed by atoms with Crippen molar-refractivity contribution in [1.29, 1.82) is 5.26 Å². The Labute approximate surface area is 344 Å². The number of rotatable bonds is 9. The first-order chi connectivity index (χ1) is 27.7. The number of nitriles is 1. The van der Waals surface area contributed by atoms with Crippen molar-refractivity contribution in [1.82, 2.24) is 15.1 Å². The second-order valence-corrected chi connectivity index (χ2v) is 18.3. The summed E-state index contributed by atoms with van der Waals surface area (Å²) in [6.07, 6.45) is 4.97. The van der Waals surface area contributed by atoms with Gasteiger partial charge in [0.25, 0.3) is 11.8 Å². The number of fused-ring (bicyclic) bond motifs is 1. The smallest absolute Gasteiger partial charge is 0.262 e. The minimum atomic E-state index is -0.973. The normalized spacial score (nSPS) is 26.7. The minimum absolute atomic E-state index is 0.0919. The van der Waals surface area contributed by atoms with E-state index in [4.69, 9.17) is 16.3 Å². The van der Waals surface area contributed by atoms with E-state index in [-0.39, 0.29) is 41.5 Å². The summed E-state index contributed by atoms with van der Waals surface area (Å²) < 4.78 is 6.43. The number of halogens is 1. The molecule has 0 radical (unpaired) electrons. The van der Waals surface area contributed by atoms with E-state index in [1.807, 2.05) is 18.2 Å². The van der Waals surface area contributed by atoms with Crippen LogP contribution >= 0.6 is 11.6 Å². The Morgan fingerprint density at radius 1 is 0.845 bits per heavy atom.